The van der Waals surface area contributed by atoms with Crippen LogP contribution >= 0.6 is 11.3 Å². The summed E-state index contributed by atoms with van der Waals surface area (Å²) in [5, 5.41) is 5.37. The number of hydrogen-bond acceptors (Lipinski definition) is 4. The van der Waals surface area contributed by atoms with Crippen molar-refractivity contribution in [1.29, 1.82) is 0 Å². The van der Waals surface area contributed by atoms with Crippen molar-refractivity contribution in [2.24, 2.45) is 0 Å². The Hall–Kier alpha value is -1.88. The summed E-state index contributed by atoms with van der Waals surface area (Å²) in [6.45, 7) is 10.2. The van der Waals surface area contributed by atoms with Gasteiger partial charge < -0.3 is 4.74 Å². The van der Waals surface area contributed by atoms with Crippen LogP contribution in [-0.4, -0.2) is 17.5 Å². The Labute approximate surface area is 135 Å². The quantitative estimate of drug-likeness (QED) is 0.924. The number of rotatable bonds is 4. The van der Waals surface area contributed by atoms with Crippen LogP contribution in [0.3, 0.4) is 0 Å². The van der Waals surface area contributed by atoms with Gasteiger partial charge in [-0.3, -0.25) is 10.1 Å². The van der Waals surface area contributed by atoms with E-state index in [0.29, 0.717) is 5.13 Å². The van der Waals surface area contributed by atoms with E-state index in [-0.39, 0.29) is 17.9 Å². The monoisotopic (exact) mass is 318 g/mol. The average Bonchev–Trinajstić information content (AvgIpc) is 2.86. The molecule has 1 aromatic carbocycles. The predicted octanol–water partition coefficient (Wildman–Crippen LogP) is 4.07. The number of nitrogens with one attached hydrogen (secondary N) is 1. The van der Waals surface area contributed by atoms with Crippen LogP contribution in [0.2, 0.25) is 0 Å². The number of carbonyl (C=O) groups excluding carboxylic acids is 1. The Kier molecular flexibility index (Phi) is 4.86. The molecule has 22 heavy (non-hydrogen) atoms. The Morgan fingerprint density at radius 3 is 2.45 bits per heavy atom. The molecule has 0 bridgehead atoms. The molecular weight excluding hydrogens is 296 g/mol. The van der Waals surface area contributed by atoms with Crippen LogP contribution in [0, 0.1) is 13.8 Å². The zero-order valence-corrected chi connectivity index (χ0v) is 14.5. The first-order valence-corrected chi connectivity index (χ1v) is 8.10. The van der Waals surface area contributed by atoms with E-state index in [1.165, 1.54) is 11.3 Å². The van der Waals surface area contributed by atoms with Gasteiger partial charge in [0.25, 0.3) is 5.91 Å². The highest BCUT2D eigenvalue weighted by Gasteiger charge is 2.18. The predicted molar refractivity (Wildman–Crippen MR) is 90.9 cm³/mol. The molecule has 118 valence electrons. The highest BCUT2D eigenvalue weighted by Crippen LogP contribution is 2.26. The molecule has 0 radical (unpaired) electrons. The number of thiazole rings is 1. The van der Waals surface area contributed by atoms with Crippen LogP contribution in [0.15, 0.2) is 23.6 Å². The van der Waals surface area contributed by atoms with Crippen LogP contribution in [-0.2, 0) is 10.2 Å². The number of ether oxygens (including phenoxy) is 1. The number of aromatic nitrogens is 1. The van der Waals surface area contributed by atoms with E-state index in [1.807, 2.05) is 37.4 Å². The molecule has 0 aliphatic heterocycles. The van der Waals surface area contributed by atoms with Crippen molar-refractivity contribution in [3.63, 3.8) is 0 Å². The van der Waals surface area contributed by atoms with E-state index in [9.17, 15) is 4.79 Å². The summed E-state index contributed by atoms with van der Waals surface area (Å²) in [6.07, 6.45) is 0. The van der Waals surface area contributed by atoms with Gasteiger partial charge >= 0.3 is 0 Å². The first kappa shape index (κ1) is 16.5. The Morgan fingerprint density at radius 2 is 1.91 bits per heavy atom. The molecule has 0 aliphatic carbocycles. The minimum atomic E-state index is -0.197. The molecule has 0 saturated carbocycles. The standard InChI is InChI=1S/C17H22N2O2S/c1-11-7-6-8-12(2)15(11)21-9-14(20)19-16-18-13(10-22-16)17(3,4)5/h6-8,10H,9H2,1-5H3,(H,18,19,20). The minimum Gasteiger partial charge on any atom is -0.483 e. The smallest absolute Gasteiger partial charge is 0.264 e. The molecule has 0 atom stereocenters. The van der Waals surface area contributed by atoms with Crippen molar-refractivity contribution < 1.29 is 9.53 Å². The molecular formula is C17H22N2O2S. The molecule has 1 aromatic heterocycles. The van der Waals surface area contributed by atoms with E-state index in [4.69, 9.17) is 4.74 Å². The Morgan fingerprint density at radius 1 is 1.27 bits per heavy atom. The molecule has 0 spiro atoms. The van der Waals surface area contributed by atoms with Crippen LogP contribution in [0.25, 0.3) is 0 Å². The fourth-order valence-corrected chi connectivity index (χ4v) is 2.95. The molecule has 0 unspecified atom stereocenters. The van der Waals surface area contributed by atoms with Crippen molar-refractivity contribution in [2.45, 2.75) is 40.0 Å². The van der Waals surface area contributed by atoms with Crippen molar-refractivity contribution in [2.75, 3.05) is 11.9 Å². The lowest BCUT2D eigenvalue weighted by atomic mass is 9.93. The third-order valence-electron chi connectivity index (χ3n) is 3.28. The molecule has 5 heteroatoms. The van der Waals surface area contributed by atoms with Gasteiger partial charge in [0.2, 0.25) is 0 Å². The number of para-hydroxylation sites is 1. The zero-order valence-electron chi connectivity index (χ0n) is 13.7. The maximum Gasteiger partial charge on any atom is 0.264 e. The second-order valence-corrected chi connectivity index (χ2v) is 7.20. The fraction of sp³-hybridized carbons (Fsp3) is 0.412. The van der Waals surface area contributed by atoms with Gasteiger partial charge in [-0.25, -0.2) is 4.98 Å². The minimum absolute atomic E-state index is 0.0177. The first-order valence-electron chi connectivity index (χ1n) is 7.22. The van der Waals surface area contributed by atoms with E-state index in [0.717, 1.165) is 22.6 Å². The van der Waals surface area contributed by atoms with Crippen LogP contribution < -0.4 is 10.1 Å². The maximum absolute atomic E-state index is 12.0. The summed E-state index contributed by atoms with van der Waals surface area (Å²) in [5.74, 6) is 0.574. The second-order valence-electron chi connectivity index (χ2n) is 6.35. The molecule has 0 fully saturated rings. The molecule has 4 nitrogen and oxygen atoms in total. The van der Waals surface area contributed by atoms with Gasteiger partial charge in [0, 0.05) is 10.8 Å². The number of aryl methyl sites for hydroxylation is 2. The van der Waals surface area contributed by atoms with Gasteiger partial charge in [0.15, 0.2) is 11.7 Å². The molecule has 0 saturated heterocycles. The number of amides is 1. The van der Waals surface area contributed by atoms with Crippen molar-refractivity contribution in [3.8, 4) is 5.75 Å². The highest BCUT2D eigenvalue weighted by molar-refractivity contribution is 7.13. The van der Waals surface area contributed by atoms with Crippen molar-refractivity contribution in [1.82, 2.24) is 4.98 Å². The Bertz CT molecular complexity index is 651. The summed E-state index contributed by atoms with van der Waals surface area (Å²) >= 11 is 1.43. The lowest BCUT2D eigenvalue weighted by Crippen LogP contribution is -2.21. The van der Waals surface area contributed by atoms with Crippen LogP contribution in [0.1, 0.15) is 37.6 Å². The number of anilines is 1. The van der Waals surface area contributed by atoms with E-state index in [2.05, 4.69) is 31.1 Å². The molecule has 2 rings (SSSR count). The normalized spacial score (nSPS) is 11.3. The number of carbonyl (C=O) groups is 1. The van der Waals surface area contributed by atoms with E-state index >= 15 is 0 Å². The van der Waals surface area contributed by atoms with Gasteiger partial charge in [-0.2, -0.15) is 0 Å². The van der Waals surface area contributed by atoms with Gasteiger partial charge in [-0.1, -0.05) is 39.0 Å². The van der Waals surface area contributed by atoms with Gasteiger partial charge in [-0.15, -0.1) is 11.3 Å². The van der Waals surface area contributed by atoms with Crippen LogP contribution in [0.4, 0.5) is 5.13 Å². The SMILES string of the molecule is Cc1cccc(C)c1OCC(=O)Nc1nc(C(C)(C)C)cs1. The highest BCUT2D eigenvalue weighted by atomic mass is 32.1. The van der Waals surface area contributed by atoms with E-state index in [1.54, 1.807) is 0 Å². The first-order chi connectivity index (χ1) is 10.3. The van der Waals surface area contributed by atoms with Crippen molar-refractivity contribution >= 4 is 22.4 Å². The Balaban J connectivity index is 1.95. The summed E-state index contributed by atoms with van der Waals surface area (Å²) < 4.78 is 5.64. The fourth-order valence-electron chi connectivity index (χ4n) is 2.00. The summed E-state index contributed by atoms with van der Waals surface area (Å²) in [6, 6.07) is 5.91. The van der Waals surface area contributed by atoms with Gasteiger partial charge in [-0.05, 0) is 25.0 Å². The zero-order chi connectivity index (χ0) is 16.3. The third kappa shape index (κ3) is 4.07. The number of hydrogen-bond donors (Lipinski definition) is 1. The average molecular weight is 318 g/mol. The number of nitrogens with zero attached hydrogens (tertiary/aromatic N) is 1. The lowest BCUT2D eigenvalue weighted by molar-refractivity contribution is -0.118. The molecule has 1 amide bonds. The molecule has 0 aliphatic rings. The topological polar surface area (TPSA) is 51.2 Å². The summed E-state index contributed by atoms with van der Waals surface area (Å²) in [4.78, 5) is 16.4. The van der Waals surface area contributed by atoms with E-state index < -0.39 is 0 Å². The van der Waals surface area contributed by atoms with Gasteiger partial charge in [0.1, 0.15) is 5.75 Å². The summed E-state index contributed by atoms with van der Waals surface area (Å²) in [7, 11) is 0. The third-order valence-corrected chi connectivity index (χ3v) is 4.03. The number of benzene rings is 1. The molecule has 2 aromatic rings. The van der Waals surface area contributed by atoms with Crippen molar-refractivity contribution in [3.05, 3.63) is 40.4 Å². The lowest BCUT2D eigenvalue weighted by Gasteiger charge is -2.14. The molecule has 1 N–H and O–H groups in total. The van der Waals surface area contributed by atoms with Gasteiger partial charge in [0.05, 0.1) is 5.69 Å². The molecule has 1 heterocycles. The maximum atomic E-state index is 12.0. The summed E-state index contributed by atoms with van der Waals surface area (Å²) in [5.41, 5.74) is 3.01. The second kappa shape index (κ2) is 6.48. The van der Waals surface area contributed by atoms with Crippen LogP contribution in [0.5, 0.6) is 5.75 Å². The largest absolute Gasteiger partial charge is 0.483 e.